The monoisotopic (exact) mass is 269 g/mol. The molecule has 1 heterocycles. The number of amides is 3. The number of carbonyl (C=O) groups is 3. The molecule has 0 atom stereocenters. The molecular weight excluding hydrogens is 254 g/mol. The number of nitrogens with one attached hydrogen (secondary N) is 2. The van der Waals surface area contributed by atoms with Crippen molar-refractivity contribution in [1.82, 2.24) is 15.8 Å². The summed E-state index contributed by atoms with van der Waals surface area (Å²) in [7, 11) is 0. The topological polar surface area (TPSA) is 122 Å². The van der Waals surface area contributed by atoms with Crippen LogP contribution >= 0.6 is 0 Å². The minimum atomic E-state index is -0.897. The SMILES string of the molecule is O=C(O)CCCCC(=O)NC(=O)NCc1ccon1. The molecule has 0 aliphatic heterocycles. The first-order valence-electron chi connectivity index (χ1n) is 5.76. The molecule has 1 rings (SSSR count). The van der Waals surface area contributed by atoms with Gasteiger partial charge in [0.15, 0.2) is 0 Å². The summed E-state index contributed by atoms with van der Waals surface area (Å²) < 4.78 is 4.58. The van der Waals surface area contributed by atoms with E-state index in [1.54, 1.807) is 6.07 Å². The summed E-state index contributed by atoms with van der Waals surface area (Å²) in [4.78, 5) is 32.8. The fraction of sp³-hybridized carbons (Fsp3) is 0.455. The second kappa shape index (κ2) is 7.85. The third-order valence-electron chi connectivity index (χ3n) is 2.22. The summed E-state index contributed by atoms with van der Waals surface area (Å²) in [5.74, 6) is -1.34. The summed E-state index contributed by atoms with van der Waals surface area (Å²) in [5, 5.41) is 16.6. The van der Waals surface area contributed by atoms with Gasteiger partial charge in [-0.1, -0.05) is 5.16 Å². The Hall–Kier alpha value is -2.38. The van der Waals surface area contributed by atoms with Crippen LogP contribution in [0.5, 0.6) is 0 Å². The van der Waals surface area contributed by atoms with Gasteiger partial charge in [-0.15, -0.1) is 0 Å². The molecule has 1 aromatic heterocycles. The number of carboxylic acid groups (broad SMARTS) is 1. The molecule has 8 heteroatoms. The Bertz CT molecular complexity index is 430. The Kier molecular flexibility index (Phi) is 6.07. The smallest absolute Gasteiger partial charge is 0.321 e. The average Bonchev–Trinajstić information content (AvgIpc) is 2.85. The maximum atomic E-state index is 11.3. The molecule has 19 heavy (non-hydrogen) atoms. The zero-order valence-electron chi connectivity index (χ0n) is 10.2. The van der Waals surface area contributed by atoms with Crippen LogP contribution in [-0.2, 0) is 16.1 Å². The molecule has 0 aromatic carbocycles. The molecule has 8 nitrogen and oxygen atoms in total. The van der Waals surface area contributed by atoms with Gasteiger partial charge in [0.05, 0.1) is 6.54 Å². The highest BCUT2D eigenvalue weighted by Gasteiger charge is 2.08. The molecule has 3 N–H and O–H groups in total. The highest BCUT2D eigenvalue weighted by atomic mass is 16.5. The van der Waals surface area contributed by atoms with Gasteiger partial charge in [0.25, 0.3) is 0 Å². The molecule has 0 bridgehead atoms. The Morgan fingerprint density at radius 2 is 2.00 bits per heavy atom. The third kappa shape index (κ3) is 6.81. The zero-order valence-corrected chi connectivity index (χ0v) is 10.2. The van der Waals surface area contributed by atoms with Crippen molar-refractivity contribution >= 4 is 17.9 Å². The van der Waals surface area contributed by atoms with Crippen molar-refractivity contribution in [2.24, 2.45) is 0 Å². The molecule has 0 aliphatic rings. The molecule has 0 unspecified atom stereocenters. The van der Waals surface area contributed by atoms with Crippen LogP contribution < -0.4 is 10.6 Å². The van der Waals surface area contributed by atoms with Gasteiger partial charge < -0.3 is 14.9 Å². The van der Waals surface area contributed by atoms with Crippen LogP contribution in [0.1, 0.15) is 31.4 Å². The van der Waals surface area contributed by atoms with Gasteiger partial charge in [-0.25, -0.2) is 4.79 Å². The molecule has 3 amide bonds. The van der Waals surface area contributed by atoms with E-state index < -0.39 is 17.9 Å². The normalized spacial score (nSPS) is 9.89. The van der Waals surface area contributed by atoms with Crippen molar-refractivity contribution in [1.29, 1.82) is 0 Å². The van der Waals surface area contributed by atoms with E-state index in [1.165, 1.54) is 6.26 Å². The molecule has 0 saturated carbocycles. The van der Waals surface area contributed by atoms with Crippen molar-refractivity contribution in [2.45, 2.75) is 32.2 Å². The van der Waals surface area contributed by atoms with Gasteiger partial charge in [0.1, 0.15) is 12.0 Å². The average molecular weight is 269 g/mol. The van der Waals surface area contributed by atoms with E-state index in [1.807, 2.05) is 0 Å². The van der Waals surface area contributed by atoms with E-state index in [9.17, 15) is 14.4 Å². The number of aliphatic carboxylic acids is 1. The first-order chi connectivity index (χ1) is 9.08. The summed E-state index contributed by atoms with van der Waals surface area (Å²) in [5.41, 5.74) is 0.545. The first kappa shape index (κ1) is 14.7. The van der Waals surface area contributed by atoms with Crippen LogP contribution in [0.2, 0.25) is 0 Å². The number of imide groups is 1. The number of hydrogen-bond acceptors (Lipinski definition) is 5. The van der Waals surface area contributed by atoms with Gasteiger partial charge in [-0.2, -0.15) is 0 Å². The highest BCUT2D eigenvalue weighted by molar-refractivity contribution is 5.94. The van der Waals surface area contributed by atoms with Gasteiger partial charge in [-0.05, 0) is 12.8 Å². The minimum absolute atomic E-state index is 0.0195. The quantitative estimate of drug-likeness (QED) is 0.624. The number of rotatable bonds is 7. The summed E-state index contributed by atoms with van der Waals surface area (Å²) in [6, 6.07) is 0.972. The number of unbranched alkanes of at least 4 members (excludes halogenated alkanes) is 1. The van der Waals surface area contributed by atoms with Crippen molar-refractivity contribution in [3.05, 3.63) is 18.0 Å². The molecule has 0 radical (unpaired) electrons. The van der Waals surface area contributed by atoms with E-state index in [0.29, 0.717) is 18.5 Å². The zero-order chi connectivity index (χ0) is 14.1. The lowest BCUT2D eigenvalue weighted by molar-refractivity contribution is -0.137. The van der Waals surface area contributed by atoms with Crippen LogP contribution in [-0.4, -0.2) is 28.2 Å². The molecule has 1 aromatic rings. The number of aromatic nitrogens is 1. The van der Waals surface area contributed by atoms with Crippen LogP contribution in [0.15, 0.2) is 16.9 Å². The largest absolute Gasteiger partial charge is 0.481 e. The summed E-state index contributed by atoms with van der Waals surface area (Å²) >= 11 is 0. The van der Waals surface area contributed by atoms with Gasteiger partial charge in [0, 0.05) is 18.9 Å². The minimum Gasteiger partial charge on any atom is -0.481 e. The number of nitrogens with zero attached hydrogens (tertiary/aromatic N) is 1. The maximum absolute atomic E-state index is 11.3. The second-order valence-corrected chi connectivity index (χ2v) is 3.82. The fourth-order valence-electron chi connectivity index (χ4n) is 1.29. The van der Waals surface area contributed by atoms with Gasteiger partial charge in [-0.3, -0.25) is 14.9 Å². The van der Waals surface area contributed by atoms with E-state index >= 15 is 0 Å². The van der Waals surface area contributed by atoms with E-state index in [-0.39, 0.29) is 19.4 Å². The Morgan fingerprint density at radius 1 is 1.26 bits per heavy atom. The molecular formula is C11H15N3O5. The Morgan fingerprint density at radius 3 is 2.63 bits per heavy atom. The van der Waals surface area contributed by atoms with E-state index in [2.05, 4.69) is 20.3 Å². The first-order valence-corrected chi connectivity index (χ1v) is 5.76. The molecule has 104 valence electrons. The standard InChI is InChI=1S/C11H15N3O5/c15-9(3-1-2-4-10(16)17)13-11(18)12-7-8-5-6-19-14-8/h5-6H,1-4,7H2,(H,16,17)(H2,12,13,15,18). The van der Waals surface area contributed by atoms with Crippen LogP contribution in [0.3, 0.4) is 0 Å². The van der Waals surface area contributed by atoms with Crippen molar-refractivity contribution < 1.29 is 24.0 Å². The fourth-order valence-corrected chi connectivity index (χ4v) is 1.29. The van der Waals surface area contributed by atoms with Crippen LogP contribution in [0.25, 0.3) is 0 Å². The summed E-state index contributed by atoms with van der Waals surface area (Å²) in [6.07, 6.45) is 2.34. The molecule has 0 saturated heterocycles. The molecule has 0 fully saturated rings. The van der Waals surface area contributed by atoms with Crippen LogP contribution in [0.4, 0.5) is 4.79 Å². The van der Waals surface area contributed by atoms with Crippen molar-refractivity contribution in [2.75, 3.05) is 0 Å². The second-order valence-electron chi connectivity index (χ2n) is 3.82. The third-order valence-corrected chi connectivity index (χ3v) is 2.22. The Labute approximate surface area is 109 Å². The lowest BCUT2D eigenvalue weighted by Crippen LogP contribution is -2.39. The lowest BCUT2D eigenvalue weighted by atomic mass is 10.2. The van der Waals surface area contributed by atoms with Crippen LogP contribution in [0, 0.1) is 0 Å². The molecule has 0 spiro atoms. The van der Waals surface area contributed by atoms with Crippen molar-refractivity contribution in [3.63, 3.8) is 0 Å². The van der Waals surface area contributed by atoms with Gasteiger partial charge >= 0.3 is 12.0 Å². The number of carbonyl (C=O) groups excluding carboxylic acids is 2. The van der Waals surface area contributed by atoms with Crippen molar-refractivity contribution in [3.8, 4) is 0 Å². The predicted octanol–water partition coefficient (Wildman–Crippen LogP) is 0.645. The van der Waals surface area contributed by atoms with E-state index in [0.717, 1.165) is 0 Å². The predicted molar refractivity (Wildman–Crippen MR) is 63.0 cm³/mol. The van der Waals surface area contributed by atoms with Gasteiger partial charge in [0.2, 0.25) is 5.91 Å². The lowest BCUT2D eigenvalue weighted by Gasteiger charge is -2.04. The number of hydrogen-bond donors (Lipinski definition) is 3. The maximum Gasteiger partial charge on any atom is 0.321 e. The Balaban J connectivity index is 2.10. The van der Waals surface area contributed by atoms with E-state index in [4.69, 9.17) is 5.11 Å². The number of carboxylic acids is 1. The highest BCUT2D eigenvalue weighted by Crippen LogP contribution is 1.99. The number of urea groups is 1. The summed E-state index contributed by atoms with van der Waals surface area (Å²) in [6.45, 7) is 0.161. The molecule has 0 aliphatic carbocycles.